The molecule has 0 unspecified atom stereocenters. The van der Waals surface area contributed by atoms with E-state index >= 15 is 0 Å². The Kier molecular flexibility index (Phi) is 3.81. The number of aromatic nitrogens is 1. The number of halogens is 1. The van der Waals surface area contributed by atoms with Crippen molar-refractivity contribution in [2.75, 3.05) is 5.32 Å². The van der Waals surface area contributed by atoms with Crippen LogP contribution < -0.4 is 5.32 Å². The quantitative estimate of drug-likeness (QED) is 0.768. The number of carbonyl (C=O) groups excluding carboxylic acids is 1. The summed E-state index contributed by atoms with van der Waals surface area (Å²) >= 11 is 2.89. The fraction of sp³-hybridized carbons (Fsp3) is 0.0667. The molecule has 0 radical (unpaired) electrons. The molecule has 3 nitrogen and oxygen atoms in total. The minimum absolute atomic E-state index is 0.174. The van der Waals surface area contributed by atoms with Gasteiger partial charge < -0.3 is 5.32 Å². The molecule has 0 spiro atoms. The molecule has 2 aromatic heterocycles. The average molecular weight is 318 g/mol. The van der Waals surface area contributed by atoms with E-state index in [4.69, 9.17) is 0 Å². The van der Waals surface area contributed by atoms with Crippen molar-refractivity contribution in [1.29, 1.82) is 0 Å². The molecule has 6 heteroatoms. The normalized spacial score (nSPS) is 10.6. The summed E-state index contributed by atoms with van der Waals surface area (Å²) in [6, 6.07) is 8.06. The fourth-order valence-electron chi connectivity index (χ4n) is 1.86. The molecule has 1 aromatic carbocycles. The van der Waals surface area contributed by atoms with Crippen LogP contribution in [0.5, 0.6) is 0 Å². The van der Waals surface area contributed by atoms with E-state index in [0.717, 1.165) is 10.6 Å². The molecule has 0 saturated heterocycles. The summed E-state index contributed by atoms with van der Waals surface area (Å²) in [6.07, 6.45) is 0. The highest BCUT2D eigenvalue weighted by atomic mass is 32.1. The van der Waals surface area contributed by atoms with Crippen LogP contribution in [-0.2, 0) is 0 Å². The third kappa shape index (κ3) is 2.86. The Hall–Kier alpha value is -2.05. The topological polar surface area (TPSA) is 42.0 Å². The monoisotopic (exact) mass is 318 g/mol. The van der Waals surface area contributed by atoms with Gasteiger partial charge in [-0.15, -0.1) is 11.3 Å². The number of hydrogen-bond donors (Lipinski definition) is 1. The van der Waals surface area contributed by atoms with E-state index in [2.05, 4.69) is 10.3 Å². The number of hydrogen-bond acceptors (Lipinski definition) is 4. The van der Waals surface area contributed by atoms with Gasteiger partial charge in [-0.05, 0) is 30.5 Å². The SMILES string of the molecule is Cc1nc(-c2ccsc2)sc1C(=O)Nc1ccccc1F. The lowest BCUT2D eigenvalue weighted by molar-refractivity contribution is 0.102. The molecule has 0 bridgehead atoms. The lowest BCUT2D eigenvalue weighted by atomic mass is 10.3. The molecule has 0 saturated carbocycles. The molecule has 2 heterocycles. The summed E-state index contributed by atoms with van der Waals surface area (Å²) in [4.78, 5) is 17.2. The molecular weight excluding hydrogens is 307 g/mol. The first-order valence-corrected chi connectivity index (χ1v) is 7.97. The molecule has 1 amide bonds. The molecule has 0 aliphatic carbocycles. The van der Waals surface area contributed by atoms with E-state index in [-0.39, 0.29) is 11.6 Å². The number of nitrogens with one attached hydrogen (secondary N) is 1. The van der Waals surface area contributed by atoms with Gasteiger partial charge in [-0.25, -0.2) is 9.37 Å². The Morgan fingerprint density at radius 1 is 1.29 bits per heavy atom. The number of para-hydroxylation sites is 1. The minimum Gasteiger partial charge on any atom is -0.319 e. The van der Waals surface area contributed by atoms with Crippen molar-refractivity contribution in [3.8, 4) is 10.6 Å². The van der Waals surface area contributed by atoms with Gasteiger partial charge in [-0.3, -0.25) is 4.79 Å². The highest BCUT2D eigenvalue weighted by Crippen LogP contribution is 2.30. The first-order valence-electron chi connectivity index (χ1n) is 6.21. The Labute approximate surface area is 129 Å². The van der Waals surface area contributed by atoms with Crippen molar-refractivity contribution in [3.05, 3.63) is 57.5 Å². The van der Waals surface area contributed by atoms with Crippen LogP contribution in [0.25, 0.3) is 10.6 Å². The highest BCUT2D eigenvalue weighted by Gasteiger charge is 2.17. The number of benzene rings is 1. The third-order valence-corrected chi connectivity index (χ3v) is 4.78. The molecule has 0 fully saturated rings. The number of thiophene rings is 1. The van der Waals surface area contributed by atoms with Gasteiger partial charge in [0.25, 0.3) is 5.91 Å². The summed E-state index contributed by atoms with van der Waals surface area (Å²) in [7, 11) is 0. The number of rotatable bonds is 3. The minimum atomic E-state index is -0.453. The largest absolute Gasteiger partial charge is 0.319 e. The summed E-state index contributed by atoms with van der Waals surface area (Å²) in [5, 5.41) is 7.33. The van der Waals surface area contributed by atoms with E-state index in [0.29, 0.717) is 10.6 Å². The first kappa shape index (κ1) is 13.9. The van der Waals surface area contributed by atoms with Gasteiger partial charge in [-0.1, -0.05) is 12.1 Å². The van der Waals surface area contributed by atoms with Gasteiger partial charge >= 0.3 is 0 Å². The van der Waals surface area contributed by atoms with Gasteiger partial charge in [0, 0.05) is 10.9 Å². The maximum Gasteiger partial charge on any atom is 0.267 e. The zero-order valence-corrected chi connectivity index (χ0v) is 12.7. The summed E-state index contributed by atoms with van der Waals surface area (Å²) in [5.41, 5.74) is 1.82. The molecule has 106 valence electrons. The second-order valence-corrected chi connectivity index (χ2v) is 6.16. The van der Waals surface area contributed by atoms with Crippen molar-refractivity contribution in [2.24, 2.45) is 0 Å². The van der Waals surface area contributed by atoms with E-state index in [1.54, 1.807) is 30.4 Å². The van der Waals surface area contributed by atoms with Crippen LogP contribution >= 0.6 is 22.7 Å². The summed E-state index contributed by atoms with van der Waals surface area (Å²) in [5.74, 6) is -0.789. The molecule has 0 atom stereocenters. The lowest BCUT2D eigenvalue weighted by Gasteiger charge is -2.04. The van der Waals surface area contributed by atoms with E-state index in [9.17, 15) is 9.18 Å². The Bertz CT molecular complexity index is 781. The van der Waals surface area contributed by atoms with E-state index < -0.39 is 5.82 Å². The molecule has 3 aromatic rings. The van der Waals surface area contributed by atoms with E-state index in [1.165, 1.54) is 23.5 Å². The molecule has 1 N–H and O–H groups in total. The van der Waals surface area contributed by atoms with Crippen molar-refractivity contribution < 1.29 is 9.18 Å². The zero-order valence-electron chi connectivity index (χ0n) is 11.1. The maximum absolute atomic E-state index is 13.6. The highest BCUT2D eigenvalue weighted by molar-refractivity contribution is 7.17. The van der Waals surface area contributed by atoms with Crippen LogP contribution in [-0.4, -0.2) is 10.9 Å². The van der Waals surface area contributed by atoms with Crippen molar-refractivity contribution in [2.45, 2.75) is 6.92 Å². The van der Waals surface area contributed by atoms with Gasteiger partial charge in [0.05, 0.1) is 11.4 Å². The third-order valence-electron chi connectivity index (χ3n) is 2.89. The van der Waals surface area contributed by atoms with Crippen molar-refractivity contribution in [1.82, 2.24) is 4.98 Å². The van der Waals surface area contributed by atoms with Crippen LogP contribution in [0.3, 0.4) is 0 Å². The first-order chi connectivity index (χ1) is 10.1. The number of amides is 1. The van der Waals surface area contributed by atoms with Crippen molar-refractivity contribution in [3.63, 3.8) is 0 Å². The van der Waals surface area contributed by atoms with Gasteiger partial charge in [0.2, 0.25) is 0 Å². The van der Waals surface area contributed by atoms with E-state index in [1.807, 2.05) is 16.8 Å². The number of thiazole rings is 1. The van der Waals surface area contributed by atoms with Gasteiger partial charge in [0.1, 0.15) is 15.7 Å². The predicted octanol–water partition coefficient (Wildman–Crippen LogP) is 4.57. The van der Waals surface area contributed by atoms with Crippen LogP contribution in [0.2, 0.25) is 0 Å². The average Bonchev–Trinajstić information content (AvgIpc) is 3.10. The van der Waals surface area contributed by atoms with Gasteiger partial charge in [-0.2, -0.15) is 11.3 Å². The molecule has 3 rings (SSSR count). The van der Waals surface area contributed by atoms with Crippen LogP contribution in [0, 0.1) is 12.7 Å². The Morgan fingerprint density at radius 2 is 2.10 bits per heavy atom. The number of carbonyl (C=O) groups is 1. The summed E-state index contributed by atoms with van der Waals surface area (Å²) in [6.45, 7) is 1.78. The zero-order chi connectivity index (χ0) is 14.8. The number of anilines is 1. The molecule has 0 aliphatic heterocycles. The molecule has 21 heavy (non-hydrogen) atoms. The Morgan fingerprint density at radius 3 is 2.81 bits per heavy atom. The smallest absolute Gasteiger partial charge is 0.267 e. The number of aryl methyl sites for hydroxylation is 1. The molecule has 0 aliphatic rings. The van der Waals surface area contributed by atoms with Crippen LogP contribution in [0.15, 0.2) is 41.1 Å². The fourth-order valence-corrected chi connectivity index (χ4v) is 3.53. The van der Waals surface area contributed by atoms with Crippen LogP contribution in [0.1, 0.15) is 15.4 Å². The molecular formula is C15H11FN2OS2. The lowest BCUT2D eigenvalue weighted by Crippen LogP contribution is -2.12. The second-order valence-electron chi connectivity index (χ2n) is 4.38. The maximum atomic E-state index is 13.6. The second kappa shape index (κ2) is 5.75. The number of nitrogens with zero attached hydrogens (tertiary/aromatic N) is 1. The predicted molar refractivity (Wildman–Crippen MR) is 84.5 cm³/mol. The van der Waals surface area contributed by atoms with Crippen LogP contribution in [0.4, 0.5) is 10.1 Å². The van der Waals surface area contributed by atoms with Crippen molar-refractivity contribution >= 4 is 34.3 Å². The standard InChI is InChI=1S/C15H11FN2OS2/c1-9-13(21-15(17-9)10-6-7-20-8-10)14(19)18-12-5-3-2-4-11(12)16/h2-8H,1H3,(H,18,19). The summed E-state index contributed by atoms with van der Waals surface area (Å²) < 4.78 is 13.6. The van der Waals surface area contributed by atoms with Gasteiger partial charge in [0.15, 0.2) is 0 Å². The Balaban J connectivity index is 1.87.